The fourth-order valence-corrected chi connectivity index (χ4v) is 1.80. The van der Waals surface area contributed by atoms with Crippen molar-refractivity contribution in [3.8, 4) is 17.9 Å². The largest absolute Gasteiger partial charge is 0.242 e. The Morgan fingerprint density at radius 2 is 1.68 bits per heavy atom. The molecule has 0 amide bonds. The van der Waals surface area contributed by atoms with Gasteiger partial charge in [-0.15, -0.1) is 0 Å². The lowest BCUT2D eigenvalue weighted by molar-refractivity contribution is 0.562. The van der Waals surface area contributed by atoms with E-state index in [4.69, 9.17) is 0 Å². The maximum Gasteiger partial charge on any atom is 0.131 e. The maximum absolute atomic E-state index is 9.21. The van der Waals surface area contributed by atoms with Gasteiger partial charge in [0.1, 0.15) is 11.8 Å². The molecule has 0 aliphatic carbocycles. The molecule has 0 aliphatic rings. The van der Waals surface area contributed by atoms with Crippen molar-refractivity contribution in [3.63, 3.8) is 0 Å². The van der Waals surface area contributed by atoms with E-state index in [1.165, 1.54) is 0 Å². The Morgan fingerprint density at radius 3 is 2.11 bits per heavy atom. The van der Waals surface area contributed by atoms with E-state index in [9.17, 15) is 5.26 Å². The van der Waals surface area contributed by atoms with Crippen LogP contribution >= 0.6 is 0 Å². The molecule has 0 saturated carbocycles. The van der Waals surface area contributed by atoms with E-state index < -0.39 is 0 Å². The van der Waals surface area contributed by atoms with Crippen LogP contribution in [-0.2, 0) is 5.41 Å². The van der Waals surface area contributed by atoms with Crippen LogP contribution in [0, 0.1) is 35.5 Å². The predicted molar refractivity (Wildman–Crippen MR) is 78.7 cm³/mol. The first-order chi connectivity index (χ1) is 8.54. The number of rotatable bonds is 0. The van der Waals surface area contributed by atoms with Crippen molar-refractivity contribution >= 4 is 0 Å². The summed E-state index contributed by atoms with van der Waals surface area (Å²) in [4.78, 5) is 4.62. The highest BCUT2D eigenvalue weighted by atomic mass is 14.7. The van der Waals surface area contributed by atoms with Crippen LogP contribution in [0.4, 0.5) is 0 Å². The number of nitrogens with zero attached hydrogens (tertiary/aromatic N) is 2. The molecule has 19 heavy (non-hydrogen) atoms. The smallest absolute Gasteiger partial charge is 0.131 e. The molecule has 1 heterocycles. The Balaban J connectivity index is 3.46. The highest BCUT2D eigenvalue weighted by Gasteiger charge is 2.20. The number of nitriles is 1. The van der Waals surface area contributed by atoms with Gasteiger partial charge in [-0.3, -0.25) is 0 Å². The second-order valence-electron chi connectivity index (χ2n) is 6.91. The standard InChI is InChI=1S/C17H22N2/c1-12-10-13(11-18)14(8-9-16(2,3)4)19-15(12)17(5,6)7/h10H,1-7H3. The second kappa shape index (κ2) is 5.06. The molecule has 1 rings (SSSR count). The highest BCUT2D eigenvalue weighted by Crippen LogP contribution is 2.25. The number of aryl methyl sites for hydroxylation is 1. The summed E-state index contributed by atoms with van der Waals surface area (Å²) in [6.45, 7) is 14.5. The van der Waals surface area contributed by atoms with Crippen molar-refractivity contribution in [2.45, 2.75) is 53.9 Å². The fourth-order valence-electron chi connectivity index (χ4n) is 1.80. The molecule has 0 fully saturated rings. The molecule has 0 saturated heterocycles. The van der Waals surface area contributed by atoms with Crippen LogP contribution < -0.4 is 0 Å². The minimum absolute atomic E-state index is 0.0454. The zero-order chi connectivity index (χ0) is 14.8. The van der Waals surface area contributed by atoms with E-state index in [0.717, 1.165) is 11.3 Å². The van der Waals surface area contributed by atoms with E-state index in [0.29, 0.717) is 11.3 Å². The molecular weight excluding hydrogens is 232 g/mol. The maximum atomic E-state index is 9.21. The van der Waals surface area contributed by atoms with Crippen molar-refractivity contribution in [1.29, 1.82) is 5.26 Å². The van der Waals surface area contributed by atoms with Gasteiger partial charge in [0, 0.05) is 10.8 Å². The third-order valence-electron chi connectivity index (χ3n) is 2.60. The molecular formula is C17H22N2. The summed E-state index contributed by atoms with van der Waals surface area (Å²) in [6.07, 6.45) is 0. The Hall–Kier alpha value is -1.80. The van der Waals surface area contributed by atoms with Gasteiger partial charge < -0.3 is 0 Å². The van der Waals surface area contributed by atoms with Crippen molar-refractivity contribution in [2.75, 3.05) is 0 Å². The van der Waals surface area contributed by atoms with Gasteiger partial charge in [0.05, 0.1) is 11.3 Å². The zero-order valence-corrected chi connectivity index (χ0v) is 13.0. The summed E-state index contributed by atoms with van der Waals surface area (Å²) in [5.41, 5.74) is 3.06. The molecule has 2 heteroatoms. The normalized spacial score (nSPS) is 11.5. The SMILES string of the molecule is Cc1cc(C#N)c(C#CC(C)(C)C)nc1C(C)(C)C. The first kappa shape index (κ1) is 15.3. The molecule has 0 aliphatic heterocycles. The molecule has 0 bridgehead atoms. The van der Waals surface area contributed by atoms with Crippen LogP contribution in [0.3, 0.4) is 0 Å². The number of aromatic nitrogens is 1. The Morgan fingerprint density at radius 1 is 1.11 bits per heavy atom. The molecule has 100 valence electrons. The molecule has 1 aromatic heterocycles. The monoisotopic (exact) mass is 254 g/mol. The first-order valence-corrected chi connectivity index (χ1v) is 6.50. The summed E-state index contributed by atoms with van der Waals surface area (Å²) < 4.78 is 0. The average molecular weight is 254 g/mol. The van der Waals surface area contributed by atoms with Crippen LogP contribution in [-0.4, -0.2) is 4.98 Å². The molecule has 1 aromatic rings. The van der Waals surface area contributed by atoms with Crippen molar-refractivity contribution < 1.29 is 0 Å². The molecule has 0 spiro atoms. The quantitative estimate of drug-likeness (QED) is 0.657. The van der Waals surface area contributed by atoms with Gasteiger partial charge in [0.25, 0.3) is 0 Å². The predicted octanol–water partition coefficient (Wildman–Crippen LogP) is 3.96. The summed E-state index contributed by atoms with van der Waals surface area (Å²) >= 11 is 0. The Kier molecular flexibility index (Phi) is 4.06. The average Bonchev–Trinajstić information content (AvgIpc) is 2.24. The minimum Gasteiger partial charge on any atom is -0.242 e. The molecule has 0 atom stereocenters. The fraction of sp³-hybridized carbons (Fsp3) is 0.529. The summed E-state index contributed by atoms with van der Waals surface area (Å²) in [7, 11) is 0. The lowest BCUT2D eigenvalue weighted by Gasteiger charge is -2.20. The lowest BCUT2D eigenvalue weighted by atomic mass is 9.88. The topological polar surface area (TPSA) is 36.7 Å². The van der Waals surface area contributed by atoms with Crippen molar-refractivity contribution in [1.82, 2.24) is 4.98 Å². The molecule has 0 N–H and O–H groups in total. The third kappa shape index (κ3) is 4.11. The second-order valence-corrected chi connectivity index (χ2v) is 6.91. The van der Waals surface area contributed by atoms with E-state index in [2.05, 4.69) is 43.7 Å². The van der Waals surface area contributed by atoms with Gasteiger partial charge in [0.15, 0.2) is 0 Å². The third-order valence-corrected chi connectivity index (χ3v) is 2.60. The molecule has 0 radical (unpaired) electrons. The van der Waals surface area contributed by atoms with Crippen LogP contribution in [0.25, 0.3) is 0 Å². The molecule has 2 nitrogen and oxygen atoms in total. The zero-order valence-electron chi connectivity index (χ0n) is 13.0. The lowest BCUT2D eigenvalue weighted by Crippen LogP contribution is -2.17. The number of hydrogen-bond donors (Lipinski definition) is 0. The van der Waals surface area contributed by atoms with Gasteiger partial charge in [-0.1, -0.05) is 26.7 Å². The van der Waals surface area contributed by atoms with Gasteiger partial charge in [-0.2, -0.15) is 5.26 Å². The van der Waals surface area contributed by atoms with Crippen molar-refractivity contribution in [3.05, 3.63) is 28.6 Å². The van der Waals surface area contributed by atoms with Crippen molar-refractivity contribution in [2.24, 2.45) is 5.41 Å². The van der Waals surface area contributed by atoms with Crippen LogP contribution in [0.1, 0.15) is 64.1 Å². The Labute approximate surface area is 116 Å². The minimum atomic E-state index is -0.0960. The molecule has 0 aromatic carbocycles. The van der Waals surface area contributed by atoms with Gasteiger partial charge in [0.2, 0.25) is 0 Å². The van der Waals surface area contributed by atoms with E-state index >= 15 is 0 Å². The highest BCUT2D eigenvalue weighted by molar-refractivity contribution is 5.47. The summed E-state index contributed by atoms with van der Waals surface area (Å²) in [5, 5.41) is 9.21. The van der Waals surface area contributed by atoms with Gasteiger partial charge in [-0.25, -0.2) is 4.98 Å². The van der Waals surface area contributed by atoms with E-state index in [1.807, 2.05) is 33.8 Å². The van der Waals surface area contributed by atoms with Gasteiger partial charge in [-0.05, 0) is 45.2 Å². The number of pyridine rings is 1. The van der Waals surface area contributed by atoms with Crippen LogP contribution in [0.5, 0.6) is 0 Å². The Bertz CT molecular complexity index is 579. The van der Waals surface area contributed by atoms with Crippen LogP contribution in [0.15, 0.2) is 6.07 Å². The first-order valence-electron chi connectivity index (χ1n) is 6.50. The van der Waals surface area contributed by atoms with Crippen LogP contribution in [0.2, 0.25) is 0 Å². The molecule has 0 unspecified atom stereocenters. The number of hydrogen-bond acceptors (Lipinski definition) is 2. The summed E-state index contributed by atoms with van der Waals surface area (Å²) in [6, 6.07) is 4.08. The van der Waals surface area contributed by atoms with E-state index in [1.54, 1.807) is 0 Å². The van der Waals surface area contributed by atoms with E-state index in [-0.39, 0.29) is 10.8 Å². The summed E-state index contributed by atoms with van der Waals surface area (Å²) in [5.74, 6) is 6.21. The van der Waals surface area contributed by atoms with Gasteiger partial charge >= 0.3 is 0 Å².